The maximum absolute atomic E-state index is 11.9. The van der Waals surface area contributed by atoms with Gasteiger partial charge in [-0.3, -0.25) is 9.80 Å². The lowest BCUT2D eigenvalue weighted by Gasteiger charge is -2.46. The van der Waals surface area contributed by atoms with Crippen molar-refractivity contribution in [2.24, 2.45) is 0 Å². The molecule has 2 aliphatic rings. The summed E-state index contributed by atoms with van der Waals surface area (Å²) in [6.07, 6.45) is 4.51. The molecule has 1 aliphatic heterocycles. The second-order valence-corrected chi connectivity index (χ2v) is 9.28. The highest BCUT2D eigenvalue weighted by molar-refractivity contribution is 5.89. The minimum Gasteiger partial charge on any atom is -0.496 e. The van der Waals surface area contributed by atoms with Gasteiger partial charge >= 0.3 is 5.97 Å². The summed E-state index contributed by atoms with van der Waals surface area (Å²) in [6, 6.07) is 12.4. The number of benzene rings is 2. The molecule has 1 aromatic heterocycles. The van der Waals surface area contributed by atoms with Gasteiger partial charge < -0.3 is 14.5 Å². The lowest BCUT2D eigenvalue weighted by Crippen LogP contribution is -2.54. The number of hydrogen-bond acceptors (Lipinski definition) is 5. The fourth-order valence-electron chi connectivity index (χ4n) is 5.29. The average Bonchev–Trinajstić information content (AvgIpc) is 3.46. The van der Waals surface area contributed by atoms with E-state index >= 15 is 0 Å². The van der Waals surface area contributed by atoms with Crippen molar-refractivity contribution in [3.63, 3.8) is 0 Å². The number of likely N-dealkylation sites (N-methyl/N-ethyl adjacent to an activating group) is 1. The number of nitrogens with zero attached hydrogens (tertiary/aromatic N) is 2. The fourth-order valence-corrected chi connectivity index (χ4v) is 5.29. The van der Waals surface area contributed by atoms with Gasteiger partial charge in [-0.2, -0.15) is 0 Å². The normalized spacial score (nSPS) is 19.0. The van der Waals surface area contributed by atoms with Crippen molar-refractivity contribution in [3.8, 4) is 5.75 Å². The zero-order valence-electron chi connectivity index (χ0n) is 21.3. The Bertz CT molecular complexity index is 1150. The van der Waals surface area contributed by atoms with Crippen LogP contribution in [0.4, 0.5) is 0 Å². The summed E-state index contributed by atoms with van der Waals surface area (Å²) in [7, 11) is 5.42. The van der Waals surface area contributed by atoms with Gasteiger partial charge in [-0.25, -0.2) is 4.79 Å². The second-order valence-electron chi connectivity index (χ2n) is 9.28. The van der Waals surface area contributed by atoms with Gasteiger partial charge in [0, 0.05) is 53.9 Å². The van der Waals surface area contributed by atoms with Crippen LogP contribution in [-0.4, -0.2) is 60.6 Å². The molecule has 1 unspecified atom stereocenters. The summed E-state index contributed by atoms with van der Waals surface area (Å²) < 4.78 is 10.7. The van der Waals surface area contributed by atoms with Gasteiger partial charge in [-0.1, -0.05) is 33.4 Å². The number of methoxy groups -OCH3 is 2. The molecule has 0 bridgehead atoms. The Morgan fingerprint density at radius 3 is 2.43 bits per heavy atom. The molecule has 35 heavy (non-hydrogen) atoms. The van der Waals surface area contributed by atoms with Crippen LogP contribution in [0, 0.1) is 6.92 Å². The van der Waals surface area contributed by atoms with Crippen LogP contribution in [0.15, 0.2) is 42.6 Å². The second kappa shape index (κ2) is 10.8. The van der Waals surface area contributed by atoms with Crippen LogP contribution in [0.5, 0.6) is 5.75 Å². The fraction of sp³-hybridized carbons (Fsp3) is 0.483. The number of fused-ring (bicyclic) bond motifs is 1. The highest BCUT2D eigenvalue weighted by Gasteiger charge is 2.52. The van der Waals surface area contributed by atoms with Crippen LogP contribution in [0.1, 0.15) is 67.2 Å². The molecule has 3 aromatic rings. The van der Waals surface area contributed by atoms with E-state index in [-0.39, 0.29) is 25.0 Å². The number of aryl methyl sites for hydroxylation is 1. The third kappa shape index (κ3) is 4.95. The number of esters is 1. The topological polar surface area (TPSA) is 57.8 Å². The summed E-state index contributed by atoms with van der Waals surface area (Å²) in [5.41, 5.74) is 5.69. The first-order valence-electron chi connectivity index (χ1n) is 12.2. The molecular formula is C29H41N3O3. The van der Waals surface area contributed by atoms with E-state index in [1.807, 2.05) is 32.2 Å². The van der Waals surface area contributed by atoms with Crippen LogP contribution in [-0.2, 0) is 11.3 Å². The number of carbonyl (C=O) groups excluding carboxylic acids is 1. The zero-order chi connectivity index (χ0) is 24.5. The summed E-state index contributed by atoms with van der Waals surface area (Å²) >= 11 is 0. The van der Waals surface area contributed by atoms with Gasteiger partial charge in [0.1, 0.15) is 5.75 Å². The van der Waals surface area contributed by atoms with Crippen LogP contribution in [0.3, 0.4) is 0 Å². The van der Waals surface area contributed by atoms with Crippen molar-refractivity contribution < 1.29 is 14.3 Å². The zero-order valence-corrected chi connectivity index (χ0v) is 21.3. The Labute approximate surface area is 210 Å². The van der Waals surface area contributed by atoms with Gasteiger partial charge in [-0.05, 0) is 62.2 Å². The monoisotopic (exact) mass is 479 g/mol. The number of rotatable bonds is 5. The maximum Gasteiger partial charge on any atom is 0.337 e. The van der Waals surface area contributed by atoms with Gasteiger partial charge in [0.15, 0.2) is 0 Å². The Balaban J connectivity index is 0.00000111. The maximum atomic E-state index is 11.9. The molecule has 5 rings (SSSR count). The standard InChI is InChI=1S/C26H31N3O3.C2H6.CH4/c1-17-13-23(31-3)21(20-9-12-27-24(17)20)14-29-16-26(10-11-26)28(2)15-22(29)18-5-7-19(8-6-18)25(30)32-4;1-2;/h5-9,12-13,22,27H,10-11,14-16H2,1-4H3;1-2H3;1H4. The Morgan fingerprint density at radius 2 is 1.83 bits per heavy atom. The van der Waals surface area contributed by atoms with E-state index in [1.54, 1.807) is 7.11 Å². The Morgan fingerprint density at radius 1 is 1.14 bits per heavy atom. The third-order valence-corrected chi connectivity index (χ3v) is 7.43. The molecule has 190 valence electrons. The lowest BCUT2D eigenvalue weighted by atomic mass is 9.96. The molecule has 0 amide bonds. The van der Waals surface area contributed by atoms with Crippen molar-refractivity contribution >= 4 is 16.9 Å². The Hall–Kier alpha value is -2.83. The van der Waals surface area contributed by atoms with Crippen molar-refractivity contribution in [3.05, 3.63) is 64.8 Å². The molecule has 2 aromatic carbocycles. The minimum atomic E-state index is -0.301. The van der Waals surface area contributed by atoms with E-state index in [4.69, 9.17) is 9.47 Å². The number of piperazine rings is 1. The summed E-state index contributed by atoms with van der Waals surface area (Å²) in [5.74, 6) is 0.642. The molecular weight excluding hydrogens is 438 g/mol. The lowest BCUT2D eigenvalue weighted by molar-refractivity contribution is 0.0252. The van der Waals surface area contributed by atoms with E-state index in [9.17, 15) is 4.79 Å². The van der Waals surface area contributed by atoms with Crippen LogP contribution < -0.4 is 4.74 Å². The number of aromatic amines is 1. The SMILES string of the molecule is C.CC.COC(=O)c1ccc(C2CN(C)C3(CC3)CN2Cc2c(OC)cc(C)c3[nH]ccc23)cc1. The molecule has 2 fully saturated rings. The number of H-pyrrole nitrogens is 1. The average molecular weight is 480 g/mol. The van der Waals surface area contributed by atoms with E-state index in [1.165, 1.54) is 47.5 Å². The number of ether oxygens (including phenoxy) is 2. The first-order valence-corrected chi connectivity index (χ1v) is 12.2. The number of carbonyl (C=O) groups is 1. The minimum absolute atomic E-state index is 0. The van der Waals surface area contributed by atoms with Gasteiger partial charge in [0.05, 0.1) is 19.8 Å². The van der Waals surface area contributed by atoms with Crippen molar-refractivity contribution in [2.75, 3.05) is 34.4 Å². The summed E-state index contributed by atoms with van der Waals surface area (Å²) in [4.78, 5) is 20.4. The molecule has 1 atom stereocenters. The van der Waals surface area contributed by atoms with Crippen molar-refractivity contribution in [2.45, 2.75) is 59.2 Å². The largest absolute Gasteiger partial charge is 0.496 e. The summed E-state index contributed by atoms with van der Waals surface area (Å²) in [6.45, 7) is 8.92. The van der Waals surface area contributed by atoms with Crippen molar-refractivity contribution in [1.29, 1.82) is 0 Å². The van der Waals surface area contributed by atoms with Crippen molar-refractivity contribution in [1.82, 2.24) is 14.8 Å². The van der Waals surface area contributed by atoms with E-state index in [2.05, 4.69) is 53.0 Å². The van der Waals surface area contributed by atoms with Gasteiger partial charge in [0.2, 0.25) is 0 Å². The predicted molar refractivity (Wildman–Crippen MR) is 143 cm³/mol. The molecule has 0 radical (unpaired) electrons. The summed E-state index contributed by atoms with van der Waals surface area (Å²) in [5, 5.41) is 1.23. The molecule has 1 aliphatic carbocycles. The van der Waals surface area contributed by atoms with Gasteiger partial charge in [0.25, 0.3) is 0 Å². The molecule has 6 heteroatoms. The number of hydrogen-bond donors (Lipinski definition) is 1. The van der Waals surface area contributed by atoms with Crippen LogP contribution in [0.25, 0.3) is 10.9 Å². The highest BCUT2D eigenvalue weighted by Crippen LogP contribution is 2.48. The first kappa shape index (κ1) is 26.8. The van der Waals surface area contributed by atoms with Crippen LogP contribution in [0.2, 0.25) is 0 Å². The molecule has 2 heterocycles. The number of nitrogens with one attached hydrogen (secondary N) is 1. The molecule has 1 N–H and O–H groups in total. The van der Waals surface area contributed by atoms with E-state index in [0.29, 0.717) is 5.56 Å². The highest BCUT2D eigenvalue weighted by atomic mass is 16.5. The predicted octanol–water partition coefficient (Wildman–Crippen LogP) is 5.96. The number of aromatic nitrogens is 1. The van der Waals surface area contributed by atoms with Crippen LogP contribution >= 0.6 is 0 Å². The molecule has 1 saturated heterocycles. The molecule has 1 saturated carbocycles. The molecule has 6 nitrogen and oxygen atoms in total. The van der Waals surface area contributed by atoms with E-state index in [0.717, 1.165) is 25.4 Å². The Kier molecular flexibility index (Phi) is 8.29. The smallest absolute Gasteiger partial charge is 0.337 e. The quantitative estimate of drug-likeness (QED) is 0.458. The van der Waals surface area contributed by atoms with E-state index < -0.39 is 0 Å². The molecule has 1 spiro atoms. The van der Waals surface area contributed by atoms with Gasteiger partial charge in [-0.15, -0.1) is 0 Å². The third-order valence-electron chi connectivity index (χ3n) is 7.43. The first-order chi connectivity index (χ1) is 16.5.